The first kappa shape index (κ1) is 15.9. The highest BCUT2D eigenvalue weighted by Crippen LogP contribution is 2.06. The molecule has 0 aromatic heterocycles. The second-order valence-electron chi connectivity index (χ2n) is 4.06. The molecular formula is C12H23NO4. The van der Waals surface area contributed by atoms with Crippen molar-refractivity contribution >= 4 is 11.9 Å². The Balaban J connectivity index is 4.07. The van der Waals surface area contributed by atoms with Crippen molar-refractivity contribution in [3.8, 4) is 0 Å². The van der Waals surface area contributed by atoms with E-state index in [9.17, 15) is 9.59 Å². The molecule has 0 heterocycles. The number of ether oxygens (including phenoxy) is 2. The number of methoxy groups -OCH3 is 2. The summed E-state index contributed by atoms with van der Waals surface area (Å²) in [6.45, 7) is 5.46. The first-order valence-electron chi connectivity index (χ1n) is 5.88. The van der Waals surface area contributed by atoms with Crippen molar-refractivity contribution in [1.29, 1.82) is 0 Å². The summed E-state index contributed by atoms with van der Waals surface area (Å²) in [6.07, 6.45) is 0.692. The molecule has 1 unspecified atom stereocenters. The normalized spacial score (nSPS) is 12.0. The minimum Gasteiger partial charge on any atom is -0.469 e. The maximum absolute atomic E-state index is 11.9. The van der Waals surface area contributed by atoms with Gasteiger partial charge in [-0.15, -0.1) is 0 Å². The van der Waals surface area contributed by atoms with Crippen LogP contribution in [0.3, 0.4) is 0 Å². The van der Waals surface area contributed by atoms with Crippen LogP contribution in [0.4, 0.5) is 0 Å². The summed E-state index contributed by atoms with van der Waals surface area (Å²) in [4.78, 5) is 24.5. The number of amides is 1. The Labute approximate surface area is 103 Å². The molecule has 5 nitrogen and oxygen atoms in total. The van der Waals surface area contributed by atoms with E-state index in [1.807, 2.05) is 13.8 Å². The van der Waals surface area contributed by atoms with E-state index in [4.69, 9.17) is 4.74 Å². The van der Waals surface area contributed by atoms with Crippen LogP contribution in [0, 0.1) is 5.92 Å². The molecule has 0 fully saturated rings. The number of carbonyl (C=O) groups is 2. The zero-order valence-corrected chi connectivity index (χ0v) is 11.2. The molecule has 0 aliphatic heterocycles. The van der Waals surface area contributed by atoms with Gasteiger partial charge in [-0.25, -0.2) is 0 Å². The summed E-state index contributed by atoms with van der Waals surface area (Å²) in [6, 6.07) is 0. The lowest BCUT2D eigenvalue weighted by Crippen LogP contribution is -2.34. The molecule has 0 spiro atoms. The van der Waals surface area contributed by atoms with Crippen LogP contribution in [0.5, 0.6) is 0 Å². The Kier molecular flexibility index (Phi) is 8.40. The van der Waals surface area contributed by atoms with E-state index in [2.05, 4.69) is 4.74 Å². The fourth-order valence-electron chi connectivity index (χ4n) is 1.56. The van der Waals surface area contributed by atoms with Gasteiger partial charge < -0.3 is 14.4 Å². The van der Waals surface area contributed by atoms with E-state index >= 15 is 0 Å². The van der Waals surface area contributed by atoms with Gasteiger partial charge in [-0.2, -0.15) is 0 Å². The zero-order valence-electron chi connectivity index (χ0n) is 11.2. The van der Waals surface area contributed by atoms with Gasteiger partial charge in [0.05, 0.1) is 13.5 Å². The lowest BCUT2D eigenvalue weighted by molar-refractivity contribution is -0.141. The van der Waals surface area contributed by atoms with Crippen molar-refractivity contribution in [2.75, 3.05) is 33.9 Å². The van der Waals surface area contributed by atoms with E-state index in [1.54, 1.807) is 12.0 Å². The maximum atomic E-state index is 11.9. The van der Waals surface area contributed by atoms with Gasteiger partial charge in [0.2, 0.25) is 5.91 Å². The van der Waals surface area contributed by atoms with E-state index in [-0.39, 0.29) is 24.2 Å². The van der Waals surface area contributed by atoms with Crippen LogP contribution in [-0.4, -0.2) is 50.7 Å². The number of hydrogen-bond donors (Lipinski definition) is 0. The van der Waals surface area contributed by atoms with Gasteiger partial charge in [-0.3, -0.25) is 9.59 Å². The summed E-state index contributed by atoms with van der Waals surface area (Å²) in [7, 11) is 2.97. The third-order valence-corrected chi connectivity index (χ3v) is 2.52. The van der Waals surface area contributed by atoms with Crippen molar-refractivity contribution in [3.63, 3.8) is 0 Å². The van der Waals surface area contributed by atoms with Crippen molar-refractivity contribution in [3.05, 3.63) is 0 Å². The van der Waals surface area contributed by atoms with Crippen LogP contribution in [0.2, 0.25) is 0 Å². The topological polar surface area (TPSA) is 55.8 Å². The summed E-state index contributed by atoms with van der Waals surface area (Å²) >= 11 is 0. The van der Waals surface area contributed by atoms with E-state index in [0.29, 0.717) is 26.1 Å². The van der Waals surface area contributed by atoms with E-state index in [0.717, 1.165) is 0 Å². The molecule has 17 heavy (non-hydrogen) atoms. The molecular weight excluding hydrogens is 222 g/mol. The van der Waals surface area contributed by atoms with Crippen molar-refractivity contribution in [1.82, 2.24) is 4.90 Å². The van der Waals surface area contributed by atoms with Crippen LogP contribution in [0.15, 0.2) is 0 Å². The highest BCUT2D eigenvalue weighted by molar-refractivity contribution is 5.77. The summed E-state index contributed by atoms with van der Waals surface area (Å²) < 4.78 is 9.54. The van der Waals surface area contributed by atoms with E-state index < -0.39 is 0 Å². The van der Waals surface area contributed by atoms with Crippen LogP contribution in [-0.2, 0) is 19.1 Å². The number of hydrogen-bond acceptors (Lipinski definition) is 4. The van der Waals surface area contributed by atoms with E-state index in [1.165, 1.54) is 7.11 Å². The Hall–Kier alpha value is -1.10. The predicted molar refractivity (Wildman–Crippen MR) is 64.5 cm³/mol. The van der Waals surface area contributed by atoms with Crippen molar-refractivity contribution in [2.24, 2.45) is 5.92 Å². The smallest absolute Gasteiger partial charge is 0.307 e. The molecule has 0 aliphatic rings. The molecule has 0 saturated carbocycles. The van der Waals surface area contributed by atoms with Crippen molar-refractivity contribution < 1.29 is 19.1 Å². The minimum atomic E-state index is -0.291. The molecule has 0 radical (unpaired) electrons. The molecule has 0 saturated heterocycles. The molecule has 0 bridgehead atoms. The predicted octanol–water partition coefficient (Wildman–Crippen LogP) is 1.07. The molecule has 0 aliphatic carbocycles. The number of carbonyl (C=O) groups excluding carboxylic acids is 2. The third-order valence-electron chi connectivity index (χ3n) is 2.52. The molecule has 0 aromatic rings. The quantitative estimate of drug-likeness (QED) is 0.600. The van der Waals surface area contributed by atoms with Gasteiger partial charge in [-0.05, 0) is 12.8 Å². The first-order chi connectivity index (χ1) is 8.04. The largest absolute Gasteiger partial charge is 0.469 e. The number of esters is 1. The zero-order chi connectivity index (χ0) is 13.3. The summed E-state index contributed by atoms with van der Waals surface area (Å²) in [5.74, 6) is -0.0400. The van der Waals surface area contributed by atoms with Crippen LogP contribution >= 0.6 is 0 Å². The Morgan fingerprint density at radius 3 is 2.41 bits per heavy atom. The Morgan fingerprint density at radius 2 is 1.94 bits per heavy atom. The molecule has 0 N–H and O–H groups in total. The first-order valence-corrected chi connectivity index (χ1v) is 5.88. The summed E-state index contributed by atoms with van der Waals surface area (Å²) in [5, 5.41) is 0. The van der Waals surface area contributed by atoms with Gasteiger partial charge in [0.1, 0.15) is 0 Å². The highest BCUT2D eigenvalue weighted by atomic mass is 16.5. The average Bonchev–Trinajstić information content (AvgIpc) is 2.29. The van der Waals surface area contributed by atoms with Gasteiger partial charge in [0.15, 0.2) is 0 Å². The second-order valence-corrected chi connectivity index (χ2v) is 4.06. The summed E-state index contributed by atoms with van der Waals surface area (Å²) in [5.41, 5.74) is 0. The second kappa shape index (κ2) is 8.98. The van der Waals surface area contributed by atoms with Gasteiger partial charge in [-0.1, -0.05) is 6.92 Å². The standard InChI is InChI=1S/C12H23NO4/c1-5-13(7-6-12(15)17-4)11(14)8-10(2)9-16-3/h10H,5-9H2,1-4H3. The monoisotopic (exact) mass is 245 g/mol. The highest BCUT2D eigenvalue weighted by Gasteiger charge is 2.16. The SMILES string of the molecule is CCN(CCC(=O)OC)C(=O)CC(C)COC. The van der Waals surface area contributed by atoms with Gasteiger partial charge >= 0.3 is 5.97 Å². The molecule has 0 aromatic carbocycles. The maximum Gasteiger partial charge on any atom is 0.307 e. The molecule has 1 atom stereocenters. The van der Waals surface area contributed by atoms with Crippen LogP contribution in [0.1, 0.15) is 26.7 Å². The lowest BCUT2D eigenvalue weighted by Gasteiger charge is -2.22. The van der Waals surface area contributed by atoms with Crippen molar-refractivity contribution in [2.45, 2.75) is 26.7 Å². The fourth-order valence-corrected chi connectivity index (χ4v) is 1.56. The van der Waals surface area contributed by atoms with Crippen LogP contribution < -0.4 is 0 Å². The fraction of sp³-hybridized carbons (Fsp3) is 0.833. The average molecular weight is 245 g/mol. The number of nitrogens with zero attached hydrogens (tertiary/aromatic N) is 1. The van der Waals surface area contributed by atoms with Gasteiger partial charge in [0.25, 0.3) is 0 Å². The molecule has 5 heteroatoms. The lowest BCUT2D eigenvalue weighted by atomic mass is 10.1. The molecule has 0 rings (SSSR count). The minimum absolute atomic E-state index is 0.0564. The number of rotatable bonds is 8. The van der Waals surface area contributed by atoms with Gasteiger partial charge in [0, 0.05) is 33.2 Å². The molecule has 100 valence electrons. The Morgan fingerprint density at radius 1 is 1.29 bits per heavy atom. The van der Waals surface area contributed by atoms with Crippen LogP contribution in [0.25, 0.3) is 0 Å². The Bertz CT molecular complexity index is 243. The molecule has 1 amide bonds. The third kappa shape index (κ3) is 6.94.